The monoisotopic (exact) mass is 385 g/mol. The van der Waals surface area contributed by atoms with Gasteiger partial charge in [-0.1, -0.05) is 6.07 Å². The number of nitrogens with zero attached hydrogens (tertiary/aromatic N) is 1. The number of carbonyl (C=O) groups excluding carboxylic acids is 2. The number of nitrogens with one attached hydrogen (secondary N) is 1. The third-order valence-electron chi connectivity index (χ3n) is 4.68. The lowest BCUT2D eigenvalue weighted by atomic mass is 10.1. The van der Waals surface area contributed by atoms with E-state index in [0.29, 0.717) is 29.3 Å². The number of methoxy groups -OCH3 is 2. The fourth-order valence-electron chi connectivity index (χ4n) is 2.70. The van der Waals surface area contributed by atoms with Crippen molar-refractivity contribution in [3.8, 4) is 11.5 Å². The summed E-state index contributed by atoms with van der Waals surface area (Å²) in [5.74, 6) is 0.755. The Kier molecular flexibility index (Phi) is 7.40. The summed E-state index contributed by atoms with van der Waals surface area (Å²) in [5.41, 5.74) is 7.34. The molecule has 2 aromatic carbocycles. The van der Waals surface area contributed by atoms with Gasteiger partial charge in [0.05, 0.1) is 20.3 Å². The summed E-state index contributed by atoms with van der Waals surface area (Å²) in [7, 11) is 5.12. The number of primary amides is 1. The van der Waals surface area contributed by atoms with Crippen molar-refractivity contribution >= 4 is 17.5 Å². The first kappa shape index (κ1) is 21.2. The van der Waals surface area contributed by atoms with Gasteiger partial charge in [-0.15, -0.1) is 0 Å². The molecule has 150 valence electrons. The van der Waals surface area contributed by atoms with E-state index in [-0.39, 0.29) is 11.9 Å². The van der Waals surface area contributed by atoms with E-state index in [0.717, 1.165) is 12.0 Å². The Bertz CT molecular complexity index is 821. The lowest BCUT2D eigenvalue weighted by Gasteiger charge is -2.24. The van der Waals surface area contributed by atoms with Gasteiger partial charge in [0.25, 0.3) is 0 Å². The van der Waals surface area contributed by atoms with Crippen LogP contribution in [0.15, 0.2) is 42.5 Å². The summed E-state index contributed by atoms with van der Waals surface area (Å²) in [6.07, 6.45) is 0.766. The molecule has 0 aliphatic carbocycles. The Morgan fingerprint density at radius 3 is 2.29 bits per heavy atom. The minimum absolute atomic E-state index is 0.123. The van der Waals surface area contributed by atoms with Crippen molar-refractivity contribution in [2.75, 3.05) is 33.1 Å². The van der Waals surface area contributed by atoms with Crippen LogP contribution in [0.4, 0.5) is 5.69 Å². The molecule has 0 saturated heterocycles. The highest BCUT2D eigenvalue weighted by molar-refractivity contribution is 5.96. The van der Waals surface area contributed by atoms with E-state index in [1.807, 2.05) is 37.1 Å². The number of rotatable bonds is 9. The highest BCUT2D eigenvalue weighted by Crippen LogP contribution is 2.27. The molecular weight excluding hydrogens is 358 g/mol. The summed E-state index contributed by atoms with van der Waals surface area (Å²) in [6, 6.07) is 12.0. The maximum Gasteiger partial charge on any atom is 0.248 e. The molecule has 0 saturated carbocycles. The van der Waals surface area contributed by atoms with Crippen LogP contribution in [-0.4, -0.2) is 50.6 Å². The van der Waals surface area contributed by atoms with Crippen LogP contribution in [-0.2, 0) is 11.2 Å². The van der Waals surface area contributed by atoms with Crippen molar-refractivity contribution in [1.29, 1.82) is 0 Å². The van der Waals surface area contributed by atoms with Crippen LogP contribution in [0.1, 0.15) is 22.8 Å². The molecule has 1 atom stereocenters. The zero-order valence-corrected chi connectivity index (χ0v) is 16.7. The van der Waals surface area contributed by atoms with Crippen LogP contribution >= 0.6 is 0 Å². The van der Waals surface area contributed by atoms with Crippen molar-refractivity contribution < 1.29 is 19.1 Å². The Labute approximate surface area is 165 Å². The minimum Gasteiger partial charge on any atom is -0.493 e. The number of hydrogen-bond donors (Lipinski definition) is 2. The van der Waals surface area contributed by atoms with E-state index < -0.39 is 5.91 Å². The molecule has 0 fully saturated rings. The third-order valence-corrected chi connectivity index (χ3v) is 4.68. The highest BCUT2D eigenvalue weighted by Gasteiger charge is 2.18. The van der Waals surface area contributed by atoms with Gasteiger partial charge in [0.15, 0.2) is 11.5 Å². The average Bonchev–Trinajstić information content (AvgIpc) is 2.71. The standard InChI is InChI=1S/C21H27N3O4/c1-14(21(26)23-17-8-6-16(7-9-17)20(22)25)24(2)12-11-15-5-10-18(27-3)19(13-15)28-4/h5-10,13-14H,11-12H2,1-4H3,(H2,22,25)(H,23,26). The zero-order chi connectivity index (χ0) is 20.7. The fourth-order valence-corrected chi connectivity index (χ4v) is 2.70. The number of hydrogen-bond acceptors (Lipinski definition) is 5. The van der Waals surface area contributed by atoms with E-state index in [2.05, 4.69) is 5.32 Å². The van der Waals surface area contributed by atoms with Gasteiger partial charge < -0.3 is 20.5 Å². The molecule has 0 aliphatic heterocycles. The van der Waals surface area contributed by atoms with Crippen LogP contribution in [0, 0.1) is 0 Å². The number of benzene rings is 2. The first-order chi connectivity index (χ1) is 13.3. The first-order valence-corrected chi connectivity index (χ1v) is 8.97. The fraction of sp³-hybridized carbons (Fsp3) is 0.333. The molecule has 0 aromatic heterocycles. The van der Waals surface area contributed by atoms with E-state index in [4.69, 9.17) is 15.2 Å². The molecule has 1 unspecified atom stereocenters. The summed E-state index contributed by atoms with van der Waals surface area (Å²) >= 11 is 0. The van der Waals surface area contributed by atoms with E-state index in [1.165, 1.54) is 0 Å². The number of nitrogens with two attached hydrogens (primary N) is 1. The van der Waals surface area contributed by atoms with Crippen molar-refractivity contribution in [1.82, 2.24) is 4.90 Å². The van der Waals surface area contributed by atoms with Gasteiger partial charge >= 0.3 is 0 Å². The van der Waals surface area contributed by atoms with Crippen LogP contribution in [0.3, 0.4) is 0 Å². The van der Waals surface area contributed by atoms with Gasteiger partial charge in [-0.05, 0) is 62.4 Å². The summed E-state index contributed by atoms with van der Waals surface area (Å²) in [6.45, 7) is 2.55. The third kappa shape index (κ3) is 5.47. The van der Waals surface area contributed by atoms with Gasteiger partial charge in [-0.2, -0.15) is 0 Å². The maximum absolute atomic E-state index is 12.5. The average molecular weight is 385 g/mol. The highest BCUT2D eigenvalue weighted by atomic mass is 16.5. The Morgan fingerprint density at radius 1 is 1.07 bits per heavy atom. The molecule has 7 nitrogen and oxygen atoms in total. The van der Waals surface area contributed by atoms with Crippen LogP contribution in [0.25, 0.3) is 0 Å². The van der Waals surface area contributed by atoms with Crippen molar-refractivity contribution in [3.05, 3.63) is 53.6 Å². The number of anilines is 1. The molecule has 0 radical (unpaired) electrons. The molecule has 0 aliphatic rings. The second-order valence-electron chi connectivity index (χ2n) is 6.53. The second-order valence-corrected chi connectivity index (χ2v) is 6.53. The van der Waals surface area contributed by atoms with Gasteiger partial charge in [0, 0.05) is 17.8 Å². The number of ether oxygens (including phenoxy) is 2. The molecule has 2 rings (SSSR count). The van der Waals surface area contributed by atoms with Crippen LogP contribution in [0.2, 0.25) is 0 Å². The van der Waals surface area contributed by atoms with Crippen molar-refractivity contribution in [2.24, 2.45) is 5.73 Å². The topological polar surface area (TPSA) is 93.9 Å². The lowest BCUT2D eigenvalue weighted by Crippen LogP contribution is -2.40. The van der Waals surface area contributed by atoms with Gasteiger partial charge in [0.1, 0.15) is 0 Å². The quantitative estimate of drug-likeness (QED) is 0.691. The Balaban J connectivity index is 1.91. The molecule has 7 heteroatoms. The van der Waals surface area contributed by atoms with Crippen molar-refractivity contribution in [2.45, 2.75) is 19.4 Å². The van der Waals surface area contributed by atoms with Gasteiger partial charge in [0.2, 0.25) is 11.8 Å². The van der Waals surface area contributed by atoms with E-state index in [1.54, 1.807) is 38.5 Å². The number of amides is 2. The van der Waals surface area contributed by atoms with E-state index in [9.17, 15) is 9.59 Å². The maximum atomic E-state index is 12.5. The molecule has 0 heterocycles. The smallest absolute Gasteiger partial charge is 0.248 e. The first-order valence-electron chi connectivity index (χ1n) is 8.97. The van der Waals surface area contributed by atoms with Gasteiger partial charge in [-0.25, -0.2) is 0 Å². The summed E-state index contributed by atoms with van der Waals surface area (Å²) < 4.78 is 10.6. The number of carbonyl (C=O) groups is 2. The lowest BCUT2D eigenvalue weighted by molar-refractivity contribution is -0.120. The zero-order valence-electron chi connectivity index (χ0n) is 16.7. The Hall–Kier alpha value is -3.06. The molecule has 2 amide bonds. The van der Waals surface area contributed by atoms with E-state index >= 15 is 0 Å². The summed E-state index contributed by atoms with van der Waals surface area (Å²) in [4.78, 5) is 25.6. The van der Waals surface area contributed by atoms with Crippen LogP contribution < -0.4 is 20.5 Å². The normalized spacial score (nSPS) is 11.8. The van der Waals surface area contributed by atoms with Crippen LogP contribution in [0.5, 0.6) is 11.5 Å². The Morgan fingerprint density at radius 2 is 1.71 bits per heavy atom. The predicted octanol–water partition coefficient (Wildman–Crippen LogP) is 2.30. The molecule has 28 heavy (non-hydrogen) atoms. The van der Waals surface area contributed by atoms with Gasteiger partial charge in [-0.3, -0.25) is 14.5 Å². The molecule has 3 N–H and O–H groups in total. The molecule has 0 bridgehead atoms. The molecule has 0 spiro atoms. The molecular formula is C21H27N3O4. The SMILES string of the molecule is COc1ccc(CCN(C)C(C)C(=O)Nc2ccc(C(N)=O)cc2)cc1OC. The minimum atomic E-state index is -0.499. The largest absolute Gasteiger partial charge is 0.493 e. The number of likely N-dealkylation sites (N-methyl/N-ethyl adjacent to an activating group) is 1. The summed E-state index contributed by atoms with van der Waals surface area (Å²) in [5, 5.41) is 2.85. The molecule has 2 aromatic rings. The van der Waals surface area contributed by atoms with Crippen molar-refractivity contribution in [3.63, 3.8) is 0 Å². The predicted molar refractivity (Wildman–Crippen MR) is 109 cm³/mol. The second kappa shape index (κ2) is 9.75.